The van der Waals surface area contributed by atoms with Crippen LogP contribution in [0.3, 0.4) is 0 Å². The number of aromatic nitrogens is 1. The molecule has 3 nitrogen and oxygen atoms in total. The third kappa shape index (κ3) is 3.44. The molecule has 116 valence electrons. The van der Waals surface area contributed by atoms with Crippen LogP contribution in [0, 0.1) is 13.8 Å². The Hall–Kier alpha value is -2.17. The van der Waals surface area contributed by atoms with Crippen LogP contribution in [0.2, 0.25) is 5.02 Å². The van der Waals surface area contributed by atoms with Crippen molar-refractivity contribution in [2.75, 3.05) is 5.32 Å². The lowest BCUT2D eigenvalue weighted by Crippen LogP contribution is -2.12. The molecule has 0 atom stereocenters. The molecule has 2 aromatic carbocycles. The molecule has 3 aromatic rings. The van der Waals surface area contributed by atoms with Crippen LogP contribution in [0.25, 0.3) is 11.3 Å². The number of hydrogen-bond donors (Lipinski definition) is 1. The first-order chi connectivity index (χ1) is 11.0. The van der Waals surface area contributed by atoms with Crippen molar-refractivity contribution in [3.8, 4) is 11.3 Å². The van der Waals surface area contributed by atoms with E-state index < -0.39 is 0 Å². The van der Waals surface area contributed by atoms with Crippen molar-refractivity contribution in [1.82, 2.24) is 4.98 Å². The third-order valence-electron chi connectivity index (χ3n) is 3.50. The van der Waals surface area contributed by atoms with E-state index in [2.05, 4.69) is 10.3 Å². The van der Waals surface area contributed by atoms with Crippen molar-refractivity contribution in [3.63, 3.8) is 0 Å². The normalized spacial score (nSPS) is 10.6. The Balaban J connectivity index is 1.87. The molecule has 0 bridgehead atoms. The summed E-state index contributed by atoms with van der Waals surface area (Å²) in [5.41, 5.74) is 3.39. The van der Waals surface area contributed by atoms with Crippen LogP contribution < -0.4 is 5.32 Å². The highest BCUT2D eigenvalue weighted by Crippen LogP contribution is 2.31. The van der Waals surface area contributed by atoms with Gasteiger partial charge in [0.1, 0.15) is 0 Å². The molecule has 3 rings (SSSR count). The van der Waals surface area contributed by atoms with Gasteiger partial charge in [0, 0.05) is 21.0 Å². The number of amides is 1. The molecule has 23 heavy (non-hydrogen) atoms. The Kier molecular flexibility index (Phi) is 4.46. The zero-order chi connectivity index (χ0) is 16.4. The number of carbonyl (C=O) groups excluding carboxylic acids is 1. The maximum absolute atomic E-state index is 12.4. The van der Waals surface area contributed by atoms with E-state index in [1.165, 1.54) is 11.3 Å². The Bertz CT molecular complexity index is 873. The molecule has 0 aliphatic heterocycles. The third-order valence-corrected chi connectivity index (χ3v) is 4.63. The summed E-state index contributed by atoms with van der Waals surface area (Å²) in [5.74, 6) is -0.144. The molecule has 0 aliphatic carbocycles. The van der Waals surface area contributed by atoms with Crippen molar-refractivity contribution in [2.24, 2.45) is 0 Å². The summed E-state index contributed by atoms with van der Waals surface area (Å²) >= 11 is 7.50. The molecule has 0 unspecified atom stereocenters. The van der Waals surface area contributed by atoms with Crippen molar-refractivity contribution in [1.29, 1.82) is 0 Å². The molecule has 0 fully saturated rings. The van der Waals surface area contributed by atoms with Gasteiger partial charge in [0.2, 0.25) is 0 Å². The number of thiazole rings is 1. The van der Waals surface area contributed by atoms with Gasteiger partial charge in [-0.25, -0.2) is 4.98 Å². The number of halogens is 1. The van der Waals surface area contributed by atoms with E-state index in [4.69, 9.17) is 11.6 Å². The van der Waals surface area contributed by atoms with Gasteiger partial charge < -0.3 is 0 Å². The minimum atomic E-state index is -0.144. The summed E-state index contributed by atoms with van der Waals surface area (Å²) in [6.45, 7) is 3.90. The Morgan fingerprint density at radius 3 is 2.65 bits per heavy atom. The number of hydrogen-bond acceptors (Lipinski definition) is 3. The van der Waals surface area contributed by atoms with Crippen LogP contribution in [-0.2, 0) is 0 Å². The van der Waals surface area contributed by atoms with Crippen LogP contribution in [0.15, 0.2) is 48.5 Å². The lowest BCUT2D eigenvalue weighted by Gasteiger charge is -2.04. The van der Waals surface area contributed by atoms with E-state index in [1.807, 2.05) is 62.4 Å². The van der Waals surface area contributed by atoms with Crippen molar-refractivity contribution >= 4 is 34.0 Å². The highest BCUT2D eigenvalue weighted by molar-refractivity contribution is 7.16. The Morgan fingerprint density at radius 2 is 1.91 bits per heavy atom. The van der Waals surface area contributed by atoms with Crippen LogP contribution in [0.5, 0.6) is 0 Å². The van der Waals surface area contributed by atoms with Gasteiger partial charge in [-0.15, -0.1) is 11.3 Å². The largest absolute Gasteiger partial charge is 0.298 e. The van der Waals surface area contributed by atoms with Crippen LogP contribution >= 0.6 is 22.9 Å². The molecule has 0 saturated carbocycles. The van der Waals surface area contributed by atoms with Gasteiger partial charge in [-0.05, 0) is 37.6 Å². The Morgan fingerprint density at radius 1 is 1.13 bits per heavy atom. The van der Waals surface area contributed by atoms with Crippen molar-refractivity contribution in [3.05, 3.63) is 69.6 Å². The maximum Gasteiger partial charge on any atom is 0.257 e. The molecule has 1 N–H and O–H groups in total. The fourth-order valence-electron chi connectivity index (χ4n) is 2.35. The molecule has 1 heterocycles. The monoisotopic (exact) mass is 342 g/mol. The molecule has 0 saturated heterocycles. The first-order valence-corrected chi connectivity index (χ1v) is 8.34. The number of nitrogens with zero attached hydrogens (tertiary/aromatic N) is 1. The molecule has 1 amide bonds. The standard InChI is InChI=1S/C18H15ClN2OS/c1-11-6-3-4-9-15(11)17(22)21-18-20-16(12(2)23-18)13-7-5-8-14(19)10-13/h3-10H,1-2H3,(H,20,21,22). The zero-order valence-corrected chi connectivity index (χ0v) is 14.3. The second kappa shape index (κ2) is 6.52. The lowest BCUT2D eigenvalue weighted by molar-refractivity contribution is 0.102. The number of carbonyl (C=O) groups is 1. The molecular weight excluding hydrogens is 328 g/mol. The molecule has 0 radical (unpaired) electrons. The number of rotatable bonds is 3. The summed E-state index contributed by atoms with van der Waals surface area (Å²) in [4.78, 5) is 18.0. The topological polar surface area (TPSA) is 42.0 Å². The van der Waals surface area contributed by atoms with E-state index in [0.29, 0.717) is 15.7 Å². The minimum Gasteiger partial charge on any atom is -0.298 e. The fraction of sp³-hybridized carbons (Fsp3) is 0.111. The van der Waals surface area contributed by atoms with Crippen LogP contribution in [0.1, 0.15) is 20.8 Å². The lowest BCUT2D eigenvalue weighted by atomic mass is 10.1. The maximum atomic E-state index is 12.4. The summed E-state index contributed by atoms with van der Waals surface area (Å²) in [6.07, 6.45) is 0. The number of nitrogens with one attached hydrogen (secondary N) is 1. The zero-order valence-electron chi connectivity index (χ0n) is 12.8. The fourth-order valence-corrected chi connectivity index (χ4v) is 3.37. The van der Waals surface area contributed by atoms with Crippen LogP contribution in [0.4, 0.5) is 5.13 Å². The van der Waals surface area contributed by atoms with Crippen molar-refractivity contribution < 1.29 is 4.79 Å². The first kappa shape index (κ1) is 15.7. The second-order valence-electron chi connectivity index (χ2n) is 5.20. The highest BCUT2D eigenvalue weighted by Gasteiger charge is 2.14. The van der Waals surface area contributed by atoms with E-state index >= 15 is 0 Å². The van der Waals surface area contributed by atoms with Gasteiger partial charge in [0.15, 0.2) is 5.13 Å². The van der Waals surface area contributed by atoms with Gasteiger partial charge in [-0.1, -0.05) is 41.9 Å². The van der Waals surface area contributed by atoms with Gasteiger partial charge in [-0.2, -0.15) is 0 Å². The van der Waals surface area contributed by atoms with Crippen LogP contribution in [-0.4, -0.2) is 10.9 Å². The second-order valence-corrected chi connectivity index (χ2v) is 6.84. The van der Waals surface area contributed by atoms with Gasteiger partial charge >= 0.3 is 0 Å². The number of benzene rings is 2. The predicted molar refractivity (Wildman–Crippen MR) is 96.4 cm³/mol. The predicted octanol–water partition coefficient (Wildman–Crippen LogP) is 5.33. The van der Waals surface area contributed by atoms with Crippen molar-refractivity contribution in [2.45, 2.75) is 13.8 Å². The summed E-state index contributed by atoms with van der Waals surface area (Å²) in [7, 11) is 0. The highest BCUT2D eigenvalue weighted by atomic mass is 35.5. The SMILES string of the molecule is Cc1ccccc1C(=O)Nc1nc(-c2cccc(Cl)c2)c(C)s1. The summed E-state index contributed by atoms with van der Waals surface area (Å²) in [5, 5.41) is 4.14. The minimum absolute atomic E-state index is 0.144. The number of aryl methyl sites for hydroxylation is 2. The van der Waals surface area contributed by atoms with E-state index in [1.54, 1.807) is 0 Å². The summed E-state index contributed by atoms with van der Waals surface area (Å²) < 4.78 is 0. The molecule has 5 heteroatoms. The van der Waals surface area contributed by atoms with E-state index in [-0.39, 0.29) is 5.91 Å². The van der Waals surface area contributed by atoms with Gasteiger partial charge in [-0.3, -0.25) is 10.1 Å². The van der Waals surface area contributed by atoms with E-state index in [9.17, 15) is 4.79 Å². The first-order valence-electron chi connectivity index (χ1n) is 7.15. The Labute approximate surface area is 144 Å². The molecule has 0 aliphatic rings. The molecule has 0 spiro atoms. The van der Waals surface area contributed by atoms with Gasteiger partial charge in [0.25, 0.3) is 5.91 Å². The number of anilines is 1. The molecule has 1 aromatic heterocycles. The average Bonchev–Trinajstić information content (AvgIpc) is 2.88. The average molecular weight is 343 g/mol. The van der Waals surface area contributed by atoms with E-state index in [0.717, 1.165) is 21.7 Å². The smallest absolute Gasteiger partial charge is 0.257 e. The molecular formula is C18H15ClN2OS. The van der Waals surface area contributed by atoms with Gasteiger partial charge in [0.05, 0.1) is 5.69 Å². The summed E-state index contributed by atoms with van der Waals surface area (Å²) in [6, 6.07) is 15.0. The quantitative estimate of drug-likeness (QED) is 0.698.